The van der Waals surface area contributed by atoms with Crippen LogP contribution in [-0.4, -0.2) is 11.8 Å². The lowest BCUT2D eigenvalue weighted by atomic mass is 10.2. The summed E-state index contributed by atoms with van der Waals surface area (Å²) in [5.41, 5.74) is 1.38. The maximum Gasteiger partial charge on any atom is 0.286 e. The van der Waals surface area contributed by atoms with Gasteiger partial charge >= 0.3 is 0 Å². The molecule has 1 aromatic heterocycles. The van der Waals surface area contributed by atoms with Gasteiger partial charge in [-0.3, -0.25) is 4.79 Å². The highest BCUT2D eigenvalue weighted by Crippen LogP contribution is 2.11. The van der Waals surface area contributed by atoms with E-state index in [1.54, 1.807) is 6.92 Å². The van der Waals surface area contributed by atoms with Crippen molar-refractivity contribution in [2.45, 2.75) is 6.92 Å². The summed E-state index contributed by atoms with van der Waals surface area (Å²) in [5.74, 6) is 0. The van der Waals surface area contributed by atoms with Gasteiger partial charge in [0, 0.05) is 10.9 Å². The number of hydrogen-bond donors (Lipinski definition) is 0. The second-order valence-corrected chi connectivity index (χ2v) is 3.17. The van der Waals surface area contributed by atoms with Crippen molar-refractivity contribution in [1.29, 1.82) is 0 Å². The van der Waals surface area contributed by atoms with Crippen LogP contribution in [0.15, 0.2) is 35.1 Å². The molecule has 0 radical (unpaired) electrons. The van der Waals surface area contributed by atoms with Crippen LogP contribution in [0.2, 0.25) is 0 Å². The quantitative estimate of drug-likeness (QED) is 0.678. The van der Waals surface area contributed by atoms with E-state index in [1.807, 2.05) is 30.3 Å². The molecule has 0 spiro atoms. The Balaban J connectivity index is 2.96. The van der Waals surface area contributed by atoms with Gasteiger partial charge in [0.05, 0.1) is 5.52 Å². The van der Waals surface area contributed by atoms with Crippen molar-refractivity contribution in [3.63, 3.8) is 0 Å². The monoisotopic (exact) mass is 189 g/mol. The van der Waals surface area contributed by atoms with Crippen LogP contribution in [0, 0.1) is 6.92 Å². The summed E-state index contributed by atoms with van der Waals surface area (Å²) in [5, 5.41) is 1.01. The summed E-state index contributed by atoms with van der Waals surface area (Å²) in [4.78, 5) is 16.7. The Bertz CT molecular complexity index is 528. The minimum atomic E-state index is -0.105. The van der Waals surface area contributed by atoms with Crippen molar-refractivity contribution in [3.8, 4) is 0 Å². The smallest absolute Gasteiger partial charge is 0.286 e. The third-order valence-corrected chi connectivity index (χ3v) is 2.23. The lowest BCUT2D eigenvalue weighted by Crippen LogP contribution is -2.26. The van der Waals surface area contributed by atoms with Gasteiger partial charge in [-0.25, -0.2) is 0 Å². The Labute approximate surface area is 81.5 Å². The van der Waals surface area contributed by atoms with Crippen LogP contribution in [-0.2, 0) is 0 Å². The molecule has 0 aliphatic rings. The standard InChI is InChI=1S/C11H11NO2/c1-8-7-9-5-3-4-6-10(9)12(14-2)11(8)13/h3-7H,1-2H3. The molecule has 0 fully saturated rings. The predicted octanol–water partition coefficient (Wildman–Crippen LogP) is 1.37. The first-order valence-electron chi connectivity index (χ1n) is 4.40. The Morgan fingerprint density at radius 1 is 1.29 bits per heavy atom. The van der Waals surface area contributed by atoms with Gasteiger partial charge in [-0.05, 0) is 19.1 Å². The average molecular weight is 189 g/mol. The van der Waals surface area contributed by atoms with E-state index < -0.39 is 0 Å². The minimum Gasteiger partial charge on any atom is -0.413 e. The zero-order valence-electron chi connectivity index (χ0n) is 8.15. The van der Waals surface area contributed by atoms with Gasteiger partial charge in [-0.2, -0.15) is 0 Å². The van der Waals surface area contributed by atoms with Crippen LogP contribution >= 0.6 is 0 Å². The van der Waals surface area contributed by atoms with Crippen LogP contribution in [0.5, 0.6) is 0 Å². The zero-order chi connectivity index (χ0) is 10.1. The highest BCUT2D eigenvalue weighted by Gasteiger charge is 2.04. The Morgan fingerprint density at radius 2 is 2.00 bits per heavy atom. The average Bonchev–Trinajstić information content (AvgIpc) is 2.20. The number of benzene rings is 1. The SMILES string of the molecule is COn1c(=O)c(C)cc2ccccc21. The molecular weight excluding hydrogens is 178 g/mol. The molecule has 0 atom stereocenters. The lowest BCUT2D eigenvalue weighted by Gasteiger charge is -2.08. The van der Waals surface area contributed by atoms with Gasteiger partial charge in [0.2, 0.25) is 0 Å². The fraction of sp³-hybridized carbons (Fsp3) is 0.182. The Morgan fingerprint density at radius 3 is 2.71 bits per heavy atom. The fourth-order valence-corrected chi connectivity index (χ4v) is 1.54. The molecule has 72 valence electrons. The van der Waals surface area contributed by atoms with Crippen molar-refractivity contribution in [1.82, 2.24) is 4.73 Å². The van der Waals surface area contributed by atoms with Gasteiger partial charge in [0.25, 0.3) is 5.56 Å². The first-order chi connectivity index (χ1) is 6.74. The van der Waals surface area contributed by atoms with E-state index in [1.165, 1.54) is 11.8 Å². The van der Waals surface area contributed by atoms with Crippen LogP contribution in [0.4, 0.5) is 0 Å². The molecule has 0 saturated carbocycles. The van der Waals surface area contributed by atoms with Crippen molar-refractivity contribution >= 4 is 10.9 Å². The van der Waals surface area contributed by atoms with Gasteiger partial charge in [0.1, 0.15) is 7.11 Å². The molecule has 1 heterocycles. The van der Waals surface area contributed by atoms with Gasteiger partial charge in [0.15, 0.2) is 0 Å². The van der Waals surface area contributed by atoms with Crippen molar-refractivity contribution < 1.29 is 4.84 Å². The van der Waals surface area contributed by atoms with Gasteiger partial charge < -0.3 is 4.84 Å². The second kappa shape index (κ2) is 3.18. The van der Waals surface area contributed by atoms with E-state index in [4.69, 9.17) is 4.84 Å². The van der Waals surface area contributed by atoms with Crippen molar-refractivity contribution in [2.75, 3.05) is 7.11 Å². The van der Waals surface area contributed by atoms with Crippen molar-refractivity contribution in [3.05, 3.63) is 46.2 Å². The molecule has 0 aliphatic carbocycles. The first kappa shape index (κ1) is 8.81. The molecule has 0 unspecified atom stereocenters. The van der Waals surface area contributed by atoms with Crippen LogP contribution in [0.3, 0.4) is 0 Å². The van der Waals surface area contributed by atoms with E-state index in [9.17, 15) is 4.79 Å². The zero-order valence-corrected chi connectivity index (χ0v) is 8.15. The number of rotatable bonds is 1. The maximum atomic E-state index is 11.7. The lowest BCUT2D eigenvalue weighted by molar-refractivity contribution is 0.168. The van der Waals surface area contributed by atoms with E-state index in [-0.39, 0.29) is 5.56 Å². The topological polar surface area (TPSA) is 31.2 Å². The summed E-state index contributed by atoms with van der Waals surface area (Å²) in [7, 11) is 1.49. The third-order valence-electron chi connectivity index (χ3n) is 2.23. The molecule has 3 nitrogen and oxygen atoms in total. The molecule has 0 aliphatic heterocycles. The molecule has 1 aromatic carbocycles. The third kappa shape index (κ3) is 1.18. The Hall–Kier alpha value is -1.77. The number of hydrogen-bond acceptors (Lipinski definition) is 2. The van der Waals surface area contributed by atoms with Gasteiger partial charge in [-0.1, -0.05) is 18.2 Å². The van der Waals surface area contributed by atoms with E-state index >= 15 is 0 Å². The van der Waals surface area contributed by atoms with E-state index in [2.05, 4.69) is 0 Å². The summed E-state index contributed by atoms with van der Waals surface area (Å²) >= 11 is 0. The summed E-state index contributed by atoms with van der Waals surface area (Å²) in [6, 6.07) is 9.50. The predicted molar refractivity (Wildman–Crippen MR) is 55.4 cm³/mol. The molecule has 0 N–H and O–H groups in total. The number of aromatic nitrogens is 1. The molecule has 0 bridgehead atoms. The van der Waals surface area contributed by atoms with Gasteiger partial charge in [-0.15, -0.1) is 4.73 Å². The molecule has 0 amide bonds. The minimum absolute atomic E-state index is 0.105. The fourth-order valence-electron chi connectivity index (χ4n) is 1.54. The number of para-hydroxylation sites is 1. The van der Waals surface area contributed by atoms with E-state index in [0.29, 0.717) is 5.56 Å². The number of aryl methyl sites for hydroxylation is 1. The number of pyridine rings is 1. The second-order valence-electron chi connectivity index (χ2n) is 3.17. The summed E-state index contributed by atoms with van der Waals surface area (Å²) in [6.45, 7) is 1.78. The Kier molecular flexibility index (Phi) is 2.00. The summed E-state index contributed by atoms with van der Waals surface area (Å²) < 4.78 is 1.31. The first-order valence-corrected chi connectivity index (χ1v) is 4.40. The normalized spacial score (nSPS) is 10.4. The molecule has 3 heteroatoms. The van der Waals surface area contributed by atoms with E-state index in [0.717, 1.165) is 10.9 Å². The molecule has 14 heavy (non-hydrogen) atoms. The van der Waals surface area contributed by atoms with Crippen LogP contribution in [0.1, 0.15) is 5.56 Å². The largest absolute Gasteiger partial charge is 0.413 e. The highest BCUT2D eigenvalue weighted by molar-refractivity contribution is 5.79. The molecular formula is C11H11NO2. The number of fused-ring (bicyclic) bond motifs is 1. The highest BCUT2D eigenvalue weighted by atomic mass is 16.6. The summed E-state index contributed by atoms with van der Waals surface area (Å²) in [6.07, 6.45) is 0. The molecule has 2 rings (SSSR count). The van der Waals surface area contributed by atoms with Crippen LogP contribution < -0.4 is 10.4 Å². The maximum absolute atomic E-state index is 11.7. The molecule has 0 saturated heterocycles. The molecule has 2 aromatic rings. The van der Waals surface area contributed by atoms with Crippen LogP contribution in [0.25, 0.3) is 10.9 Å². The van der Waals surface area contributed by atoms with Crippen molar-refractivity contribution in [2.24, 2.45) is 0 Å². The number of nitrogens with zero attached hydrogens (tertiary/aromatic N) is 1.